The highest BCUT2D eigenvalue weighted by Gasteiger charge is 2.59. The van der Waals surface area contributed by atoms with Gasteiger partial charge < -0.3 is 5.32 Å². The number of fused-ring (bicyclic) bond motifs is 5. The summed E-state index contributed by atoms with van der Waals surface area (Å²) in [5.74, 6) is -2.89. The van der Waals surface area contributed by atoms with Gasteiger partial charge in [0.1, 0.15) is 18.2 Å². The van der Waals surface area contributed by atoms with E-state index in [2.05, 4.69) is 5.32 Å². The molecular formula is C19H18F2N2O3. The first-order valence-corrected chi connectivity index (χ1v) is 8.70. The van der Waals surface area contributed by atoms with Crippen LogP contribution in [0.3, 0.4) is 0 Å². The Morgan fingerprint density at radius 3 is 2.23 bits per heavy atom. The molecule has 1 aromatic rings. The zero-order valence-electron chi connectivity index (χ0n) is 14.0. The smallest absolute Gasteiger partial charge is 0.240 e. The van der Waals surface area contributed by atoms with Crippen LogP contribution in [0.2, 0.25) is 0 Å². The number of nitrogens with zero attached hydrogens (tertiary/aromatic N) is 1. The van der Waals surface area contributed by atoms with E-state index in [1.165, 1.54) is 6.07 Å². The van der Waals surface area contributed by atoms with Crippen molar-refractivity contribution in [1.82, 2.24) is 10.2 Å². The standard InChI is InChI=1S/C19H18F2N2O3/c20-13-2-1-3-14(21)12(13)6-7-22-15(24)9-23-18(25)16-10-4-5-11(8-10)17(16)19(23)26/h1-5,10-11,16-17H,6-9H2,(H,22,24)/t10-,11-,16+,17+/m0/s1. The molecule has 0 radical (unpaired) electrons. The molecular weight excluding hydrogens is 342 g/mol. The van der Waals surface area contributed by atoms with Crippen LogP contribution in [0.4, 0.5) is 8.78 Å². The minimum Gasteiger partial charge on any atom is -0.354 e. The highest BCUT2D eigenvalue weighted by Crippen LogP contribution is 2.52. The third-order valence-corrected chi connectivity index (χ3v) is 5.62. The summed E-state index contributed by atoms with van der Waals surface area (Å²) < 4.78 is 27.1. The normalized spacial score (nSPS) is 28.8. The van der Waals surface area contributed by atoms with Gasteiger partial charge in [0.15, 0.2) is 0 Å². The van der Waals surface area contributed by atoms with Gasteiger partial charge in [-0.05, 0) is 36.8 Å². The summed E-state index contributed by atoms with van der Waals surface area (Å²) in [6.45, 7) is -0.323. The van der Waals surface area contributed by atoms with Crippen molar-refractivity contribution >= 4 is 17.7 Å². The monoisotopic (exact) mass is 360 g/mol. The minimum atomic E-state index is -0.667. The summed E-state index contributed by atoms with van der Waals surface area (Å²) in [5.41, 5.74) is -0.0988. The summed E-state index contributed by atoms with van der Waals surface area (Å²) in [7, 11) is 0. The van der Waals surface area contributed by atoms with Gasteiger partial charge >= 0.3 is 0 Å². The Hall–Kier alpha value is -2.57. The van der Waals surface area contributed by atoms with Gasteiger partial charge in [-0.1, -0.05) is 18.2 Å². The van der Waals surface area contributed by atoms with Crippen LogP contribution in [0.5, 0.6) is 0 Å². The van der Waals surface area contributed by atoms with Gasteiger partial charge in [-0.25, -0.2) is 8.78 Å². The molecule has 1 N–H and O–H groups in total. The molecule has 26 heavy (non-hydrogen) atoms. The molecule has 1 saturated heterocycles. The maximum Gasteiger partial charge on any atom is 0.240 e. The van der Waals surface area contributed by atoms with Gasteiger partial charge in [0.05, 0.1) is 11.8 Å². The number of carbonyl (C=O) groups is 3. The third-order valence-electron chi connectivity index (χ3n) is 5.62. The van der Waals surface area contributed by atoms with E-state index in [0.717, 1.165) is 23.5 Å². The van der Waals surface area contributed by atoms with Crippen LogP contribution < -0.4 is 5.32 Å². The van der Waals surface area contributed by atoms with Gasteiger partial charge in [0.2, 0.25) is 17.7 Å². The second-order valence-corrected chi connectivity index (χ2v) is 7.06. The Kier molecular flexibility index (Phi) is 4.09. The van der Waals surface area contributed by atoms with Crippen molar-refractivity contribution in [3.63, 3.8) is 0 Å². The van der Waals surface area contributed by atoms with E-state index in [9.17, 15) is 23.2 Å². The molecule has 2 bridgehead atoms. The molecule has 0 spiro atoms. The molecule has 7 heteroatoms. The molecule has 4 rings (SSSR count). The van der Waals surface area contributed by atoms with Crippen LogP contribution in [0.25, 0.3) is 0 Å². The summed E-state index contributed by atoms with van der Waals surface area (Å²) in [6, 6.07) is 3.59. The SMILES string of the molecule is O=C(CN1C(=O)[C@H]2[C@H](C1=O)[C@H]1C=C[C@H]2C1)NCCc1c(F)cccc1F. The van der Waals surface area contributed by atoms with E-state index in [0.29, 0.717) is 0 Å². The number of amides is 3. The Labute approximate surface area is 149 Å². The topological polar surface area (TPSA) is 66.5 Å². The van der Waals surface area contributed by atoms with Gasteiger partial charge in [0.25, 0.3) is 0 Å². The molecule has 1 saturated carbocycles. The van der Waals surface area contributed by atoms with E-state index in [-0.39, 0.29) is 60.6 Å². The number of imide groups is 1. The molecule has 2 aliphatic carbocycles. The minimum absolute atomic E-state index is 0.00847. The van der Waals surface area contributed by atoms with Crippen LogP contribution in [-0.4, -0.2) is 35.7 Å². The molecule has 136 valence electrons. The maximum absolute atomic E-state index is 13.6. The van der Waals surface area contributed by atoms with Gasteiger partial charge in [-0.3, -0.25) is 19.3 Å². The Morgan fingerprint density at radius 2 is 1.65 bits per heavy atom. The van der Waals surface area contributed by atoms with Gasteiger partial charge in [-0.15, -0.1) is 0 Å². The van der Waals surface area contributed by atoms with Crippen LogP contribution in [0.15, 0.2) is 30.4 Å². The molecule has 3 amide bonds. The zero-order chi connectivity index (χ0) is 18.4. The number of likely N-dealkylation sites (tertiary alicyclic amines) is 1. The van der Waals surface area contributed by atoms with Crippen molar-refractivity contribution in [1.29, 1.82) is 0 Å². The molecule has 2 fully saturated rings. The molecule has 1 aliphatic heterocycles. The Bertz CT molecular complexity index is 773. The average molecular weight is 360 g/mol. The maximum atomic E-state index is 13.6. The van der Waals surface area contributed by atoms with E-state index in [1.54, 1.807) is 0 Å². The quantitative estimate of drug-likeness (QED) is 0.638. The second-order valence-electron chi connectivity index (χ2n) is 7.06. The number of benzene rings is 1. The fourth-order valence-electron chi connectivity index (χ4n) is 4.42. The van der Waals surface area contributed by atoms with E-state index in [4.69, 9.17) is 0 Å². The van der Waals surface area contributed by atoms with Crippen molar-refractivity contribution in [2.45, 2.75) is 12.8 Å². The number of hydrogen-bond donors (Lipinski definition) is 1. The van der Waals surface area contributed by atoms with Crippen LogP contribution in [0.1, 0.15) is 12.0 Å². The number of carbonyl (C=O) groups excluding carboxylic acids is 3. The Morgan fingerprint density at radius 1 is 1.08 bits per heavy atom. The van der Waals surface area contributed by atoms with E-state index < -0.39 is 17.5 Å². The van der Waals surface area contributed by atoms with Gasteiger partial charge in [0, 0.05) is 12.1 Å². The van der Waals surface area contributed by atoms with E-state index in [1.807, 2.05) is 12.2 Å². The lowest BCUT2D eigenvalue weighted by molar-refractivity contribution is -0.144. The van der Waals surface area contributed by atoms with Gasteiger partial charge in [-0.2, -0.15) is 0 Å². The first kappa shape index (κ1) is 16.9. The molecule has 5 nitrogen and oxygen atoms in total. The summed E-state index contributed by atoms with van der Waals surface area (Å²) >= 11 is 0. The lowest BCUT2D eigenvalue weighted by Gasteiger charge is -2.16. The molecule has 0 unspecified atom stereocenters. The molecule has 1 aromatic carbocycles. The number of rotatable bonds is 5. The highest BCUT2D eigenvalue weighted by atomic mass is 19.1. The van der Waals surface area contributed by atoms with Crippen molar-refractivity contribution in [2.24, 2.45) is 23.7 Å². The third kappa shape index (κ3) is 2.62. The first-order chi connectivity index (χ1) is 12.5. The predicted octanol–water partition coefficient (Wildman–Crippen LogP) is 1.43. The number of allylic oxidation sites excluding steroid dienone is 2. The largest absolute Gasteiger partial charge is 0.354 e. The number of halogens is 2. The molecule has 1 heterocycles. The zero-order valence-corrected chi connectivity index (χ0v) is 14.0. The average Bonchev–Trinajstić information content (AvgIpc) is 3.27. The summed E-state index contributed by atoms with van der Waals surface area (Å²) in [5, 5.41) is 2.52. The Balaban J connectivity index is 1.33. The second kappa shape index (κ2) is 6.30. The van der Waals surface area contributed by atoms with Crippen molar-refractivity contribution in [2.75, 3.05) is 13.1 Å². The van der Waals surface area contributed by atoms with E-state index >= 15 is 0 Å². The lowest BCUT2D eigenvalue weighted by atomic mass is 9.85. The van der Waals surface area contributed by atoms with Crippen LogP contribution in [0, 0.1) is 35.3 Å². The highest BCUT2D eigenvalue weighted by molar-refractivity contribution is 6.08. The number of nitrogens with one attached hydrogen (secondary N) is 1. The van der Waals surface area contributed by atoms with Crippen LogP contribution >= 0.6 is 0 Å². The van der Waals surface area contributed by atoms with Crippen molar-refractivity contribution in [3.8, 4) is 0 Å². The van der Waals surface area contributed by atoms with Crippen molar-refractivity contribution in [3.05, 3.63) is 47.5 Å². The first-order valence-electron chi connectivity index (χ1n) is 8.70. The number of hydrogen-bond acceptors (Lipinski definition) is 3. The van der Waals surface area contributed by atoms with Crippen LogP contribution in [-0.2, 0) is 20.8 Å². The lowest BCUT2D eigenvalue weighted by Crippen LogP contribution is -2.42. The fourth-order valence-corrected chi connectivity index (χ4v) is 4.42. The fraction of sp³-hybridized carbons (Fsp3) is 0.421. The summed E-state index contributed by atoms with van der Waals surface area (Å²) in [4.78, 5) is 38.1. The molecule has 0 aromatic heterocycles. The predicted molar refractivity (Wildman–Crippen MR) is 87.5 cm³/mol. The molecule has 4 atom stereocenters. The van der Waals surface area contributed by atoms with Crippen molar-refractivity contribution < 1.29 is 23.2 Å². The molecule has 3 aliphatic rings. The summed E-state index contributed by atoms with van der Waals surface area (Å²) in [6.07, 6.45) is 4.81.